The lowest BCUT2D eigenvalue weighted by atomic mass is 10.1. The summed E-state index contributed by atoms with van der Waals surface area (Å²) in [7, 11) is 0. The second-order valence-corrected chi connectivity index (χ2v) is 7.73. The van der Waals surface area contributed by atoms with Crippen LogP contribution in [0, 0.1) is 0 Å². The molecule has 3 N–H and O–H groups in total. The van der Waals surface area contributed by atoms with Crippen molar-refractivity contribution >= 4 is 34.8 Å². The molecule has 2 aromatic rings. The highest BCUT2D eigenvalue weighted by molar-refractivity contribution is 7.14. The lowest BCUT2D eigenvalue weighted by molar-refractivity contribution is -0.123. The van der Waals surface area contributed by atoms with E-state index in [1.165, 1.54) is 47.3 Å². The molecule has 1 aliphatic rings. The molecule has 27 heavy (non-hydrogen) atoms. The van der Waals surface area contributed by atoms with Gasteiger partial charge >= 0.3 is 5.97 Å². The van der Waals surface area contributed by atoms with Gasteiger partial charge in [-0.25, -0.2) is 4.79 Å². The monoisotopic (exact) mass is 386 g/mol. The van der Waals surface area contributed by atoms with Crippen LogP contribution in [-0.2, 0) is 22.4 Å². The van der Waals surface area contributed by atoms with Crippen LogP contribution in [0.3, 0.4) is 0 Å². The summed E-state index contributed by atoms with van der Waals surface area (Å²) in [6.45, 7) is 1.53. The van der Waals surface area contributed by atoms with Crippen LogP contribution in [0.1, 0.15) is 56.7 Å². The molecule has 0 fully saturated rings. The summed E-state index contributed by atoms with van der Waals surface area (Å²) in [5.41, 5.74) is 7.27. The number of aryl methyl sites for hydroxylation is 2. The number of nitrogens with two attached hydrogens (primary N) is 1. The van der Waals surface area contributed by atoms with Crippen molar-refractivity contribution in [3.05, 3.63) is 51.2 Å². The highest BCUT2D eigenvalue weighted by atomic mass is 32.1. The fraction of sp³-hybridized carbons (Fsp3) is 0.350. The van der Waals surface area contributed by atoms with Crippen molar-refractivity contribution in [1.82, 2.24) is 0 Å². The Kier molecular flexibility index (Phi) is 5.91. The second kappa shape index (κ2) is 8.35. The molecule has 1 aliphatic carbocycles. The highest BCUT2D eigenvalue weighted by Crippen LogP contribution is 2.29. The molecule has 1 unspecified atom stereocenters. The summed E-state index contributed by atoms with van der Waals surface area (Å²) in [4.78, 5) is 37.5. The number of ether oxygens (including phenoxy) is 1. The minimum absolute atomic E-state index is 0.352. The zero-order valence-corrected chi connectivity index (χ0v) is 15.9. The van der Waals surface area contributed by atoms with E-state index in [-0.39, 0.29) is 0 Å². The molecular weight excluding hydrogens is 364 g/mol. The van der Waals surface area contributed by atoms with E-state index in [1.54, 1.807) is 12.1 Å². The number of rotatable bonds is 5. The number of fused-ring (bicyclic) bond motifs is 1. The molecule has 1 atom stereocenters. The predicted octanol–water partition coefficient (Wildman–Crippen LogP) is 3.30. The Labute approximate surface area is 161 Å². The largest absolute Gasteiger partial charge is 0.448 e. The third-order valence-electron chi connectivity index (χ3n) is 4.54. The minimum Gasteiger partial charge on any atom is -0.448 e. The number of thiophene rings is 1. The van der Waals surface area contributed by atoms with Crippen LogP contribution in [0.25, 0.3) is 0 Å². The Morgan fingerprint density at radius 1 is 1.11 bits per heavy atom. The first-order valence-corrected chi connectivity index (χ1v) is 9.79. The zero-order chi connectivity index (χ0) is 19.4. The van der Waals surface area contributed by atoms with Gasteiger partial charge in [-0.2, -0.15) is 0 Å². The molecule has 0 saturated heterocycles. The lowest BCUT2D eigenvalue weighted by Crippen LogP contribution is -2.29. The summed E-state index contributed by atoms with van der Waals surface area (Å²) < 4.78 is 5.33. The molecule has 6 nitrogen and oxygen atoms in total. The summed E-state index contributed by atoms with van der Waals surface area (Å²) >= 11 is 1.47. The average Bonchev–Trinajstić information content (AvgIpc) is 2.93. The number of nitrogens with one attached hydrogen (secondary N) is 1. The van der Waals surface area contributed by atoms with Gasteiger partial charge in [0.25, 0.3) is 5.91 Å². The van der Waals surface area contributed by atoms with Gasteiger partial charge in [0.1, 0.15) is 4.88 Å². The smallest absolute Gasteiger partial charge is 0.349 e. The van der Waals surface area contributed by atoms with E-state index in [0.717, 1.165) is 25.7 Å². The van der Waals surface area contributed by atoms with Crippen molar-refractivity contribution in [2.24, 2.45) is 5.73 Å². The first kappa shape index (κ1) is 19.1. The SMILES string of the molecule is CC(OC(=O)c1cc2c(s1)CCCCC2)C(=O)Nc1ccc(C(N)=O)cc1. The summed E-state index contributed by atoms with van der Waals surface area (Å²) in [5, 5.41) is 2.66. The van der Waals surface area contributed by atoms with Gasteiger partial charge in [0.2, 0.25) is 5.91 Å². The number of esters is 1. The Morgan fingerprint density at radius 3 is 2.52 bits per heavy atom. The Morgan fingerprint density at radius 2 is 1.81 bits per heavy atom. The van der Waals surface area contributed by atoms with Crippen molar-refractivity contribution in [3.63, 3.8) is 0 Å². The van der Waals surface area contributed by atoms with E-state index in [2.05, 4.69) is 5.32 Å². The normalized spacial score (nSPS) is 14.6. The molecule has 2 amide bonds. The van der Waals surface area contributed by atoms with Gasteiger partial charge in [0, 0.05) is 16.1 Å². The standard InChI is InChI=1S/C20H22N2O4S/c1-12(19(24)22-15-9-7-13(8-10-15)18(21)23)26-20(25)17-11-14-5-3-2-4-6-16(14)27-17/h7-12H,2-6H2,1H3,(H2,21,23)(H,22,24). The maximum absolute atomic E-state index is 12.4. The van der Waals surface area contributed by atoms with Gasteiger partial charge in [-0.3, -0.25) is 9.59 Å². The Hall–Kier alpha value is -2.67. The number of hydrogen-bond donors (Lipinski definition) is 2. The average molecular weight is 386 g/mol. The second-order valence-electron chi connectivity index (χ2n) is 6.60. The molecule has 0 saturated carbocycles. The molecule has 0 aliphatic heterocycles. The van der Waals surface area contributed by atoms with Crippen LogP contribution in [0.15, 0.2) is 30.3 Å². The molecule has 3 rings (SSSR count). The maximum Gasteiger partial charge on any atom is 0.349 e. The summed E-state index contributed by atoms with van der Waals surface area (Å²) in [6, 6.07) is 8.09. The van der Waals surface area contributed by atoms with E-state index in [9.17, 15) is 14.4 Å². The van der Waals surface area contributed by atoms with Crippen LogP contribution in [0.2, 0.25) is 0 Å². The van der Waals surface area contributed by atoms with Crippen LogP contribution >= 0.6 is 11.3 Å². The number of primary amides is 1. The van der Waals surface area contributed by atoms with E-state index in [4.69, 9.17) is 10.5 Å². The van der Waals surface area contributed by atoms with E-state index in [1.807, 2.05) is 6.07 Å². The minimum atomic E-state index is -0.935. The summed E-state index contributed by atoms with van der Waals surface area (Å²) in [5.74, 6) is -1.45. The van der Waals surface area contributed by atoms with Gasteiger partial charge < -0.3 is 15.8 Å². The summed E-state index contributed by atoms with van der Waals surface area (Å²) in [6.07, 6.45) is 4.58. The van der Waals surface area contributed by atoms with Crippen LogP contribution in [0.5, 0.6) is 0 Å². The Balaban J connectivity index is 1.59. The number of carbonyl (C=O) groups excluding carboxylic acids is 3. The van der Waals surface area contributed by atoms with E-state index in [0.29, 0.717) is 16.1 Å². The van der Waals surface area contributed by atoms with Crippen molar-refractivity contribution < 1.29 is 19.1 Å². The molecule has 7 heteroatoms. The topological polar surface area (TPSA) is 98.5 Å². The molecule has 1 aromatic heterocycles. The predicted molar refractivity (Wildman–Crippen MR) is 104 cm³/mol. The highest BCUT2D eigenvalue weighted by Gasteiger charge is 2.22. The van der Waals surface area contributed by atoms with Crippen LogP contribution in [0.4, 0.5) is 5.69 Å². The number of amides is 2. The van der Waals surface area contributed by atoms with Crippen LogP contribution in [-0.4, -0.2) is 23.9 Å². The third-order valence-corrected chi connectivity index (χ3v) is 5.75. The van der Waals surface area contributed by atoms with Gasteiger partial charge in [0.05, 0.1) is 0 Å². The van der Waals surface area contributed by atoms with Crippen molar-refractivity contribution in [3.8, 4) is 0 Å². The first-order chi connectivity index (χ1) is 12.9. The molecule has 0 radical (unpaired) electrons. The van der Waals surface area contributed by atoms with Gasteiger partial charge in [-0.15, -0.1) is 11.3 Å². The Bertz CT molecular complexity index is 834. The molecule has 1 aromatic carbocycles. The molecule has 1 heterocycles. The fourth-order valence-electron chi connectivity index (χ4n) is 3.00. The zero-order valence-electron chi connectivity index (χ0n) is 15.1. The number of benzene rings is 1. The van der Waals surface area contributed by atoms with E-state index >= 15 is 0 Å². The van der Waals surface area contributed by atoms with Gasteiger partial charge in [-0.1, -0.05) is 6.42 Å². The van der Waals surface area contributed by atoms with Gasteiger partial charge in [-0.05, 0) is 68.5 Å². The fourth-order valence-corrected chi connectivity index (χ4v) is 4.14. The quantitative estimate of drug-likeness (QED) is 0.608. The number of hydrogen-bond acceptors (Lipinski definition) is 5. The number of anilines is 1. The first-order valence-electron chi connectivity index (χ1n) is 8.97. The lowest BCUT2D eigenvalue weighted by Gasteiger charge is -2.13. The molecule has 142 valence electrons. The van der Waals surface area contributed by atoms with Crippen molar-refractivity contribution in [1.29, 1.82) is 0 Å². The van der Waals surface area contributed by atoms with Crippen molar-refractivity contribution in [2.45, 2.75) is 45.1 Å². The van der Waals surface area contributed by atoms with E-state index < -0.39 is 23.9 Å². The van der Waals surface area contributed by atoms with Gasteiger partial charge in [0.15, 0.2) is 6.10 Å². The molecule has 0 bridgehead atoms. The third kappa shape index (κ3) is 4.74. The molecule has 0 spiro atoms. The number of carbonyl (C=O) groups is 3. The van der Waals surface area contributed by atoms with Crippen LogP contribution < -0.4 is 11.1 Å². The van der Waals surface area contributed by atoms with Crippen molar-refractivity contribution in [2.75, 3.05) is 5.32 Å². The maximum atomic E-state index is 12.4. The molecular formula is C20H22N2O4S.